The van der Waals surface area contributed by atoms with E-state index in [4.69, 9.17) is 4.74 Å². The third kappa shape index (κ3) is 7.44. The molecular weight excluding hydrogens is 262 g/mol. The minimum atomic E-state index is 0.409. The fraction of sp³-hybridized carbons (Fsp3) is 0.706. The topological polar surface area (TPSA) is 37.4 Å². The molecule has 120 valence electrons. The predicted molar refractivity (Wildman–Crippen MR) is 88.9 cm³/mol. The molecule has 0 saturated heterocycles. The van der Waals surface area contributed by atoms with Crippen LogP contribution in [0.15, 0.2) is 12.1 Å². The lowest BCUT2D eigenvalue weighted by molar-refractivity contribution is 0.253. The number of aromatic nitrogens is 1. The monoisotopic (exact) mass is 293 g/mol. The highest BCUT2D eigenvalue weighted by Crippen LogP contribution is 2.19. The van der Waals surface area contributed by atoms with Crippen molar-refractivity contribution in [3.8, 4) is 5.88 Å². The van der Waals surface area contributed by atoms with Crippen molar-refractivity contribution in [1.29, 1.82) is 0 Å². The van der Waals surface area contributed by atoms with Crippen LogP contribution in [0.5, 0.6) is 5.88 Å². The van der Waals surface area contributed by atoms with Crippen LogP contribution in [0.1, 0.15) is 44.9 Å². The van der Waals surface area contributed by atoms with Gasteiger partial charge < -0.3 is 15.0 Å². The first-order chi connectivity index (χ1) is 9.88. The lowest BCUT2D eigenvalue weighted by atomic mass is 10.1. The first-order valence-electron chi connectivity index (χ1n) is 7.87. The molecule has 0 aliphatic rings. The predicted octanol–water partition coefficient (Wildman–Crippen LogP) is 2.89. The number of ether oxygens (including phenoxy) is 1. The Kier molecular flexibility index (Phi) is 7.68. The van der Waals surface area contributed by atoms with Gasteiger partial charge in [-0.2, -0.15) is 0 Å². The number of nitrogens with zero attached hydrogens (tertiary/aromatic N) is 2. The van der Waals surface area contributed by atoms with E-state index in [1.165, 1.54) is 5.56 Å². The highest BCUT2D eigenvalue weighted by Gasteiger charge is 2.07. The van der Waals surface area contributed by atoms with E-state index in [1.54, 1.807) is 0 Å². The Balaban J connectivity index is 2.70. The molecule has 1 rings (SSSR count). The molecule has 0 amide bonds. The van der Waals surface area contributed by atoms with E-state index in [2.05, 4.69) is 55.0 Å². The average Bonchev–Trinajstić information content (AvgIpc) is 2.37. The Bertz CT molecular complexity index is 384. The molecule has 1 aromatic rings. The molecular formula is C17H31N3O. The van der Waals surface area contributed by atoms with Crippen molar-refractivity contribution in [3.63, 3.8) is 0 Å². The van der Waals surface area contributed by atoms with Crippen LogP contribution < -0.4 is 10.1 Å². The van der Waals surface area contributed by atoms with Gasteiger partial charge in [0.2, 0.25) is 5.88 Å². The zero-order valence-electron chi connectivity index (χ0n) is 14.4. The normalized spacial score (nSPS) is 11.7. The van der Waals surface area contributed by atoms with Crippen LogP contribution >= 0.6 is 0 Å². The van der Waals surface area contributed by atoms with E-state index in [0.29, 0.717) is 18.4 Å². The Labute approximate surface area is 129 Å². The molecule has 1 heterocycles. The van der Waals surface area contributed by atoms with Crippen molar-refractivity contribution in [2.45, 2.75) is 40.2 Å². The molecule has 0 spiro atoms. The number of hydrogen-bond acceptors (Lipinski definition) is 4. The van der Waals surface area contributed by atoms with Crippen LogP contribution in [-0.2, 0) is 6.54 Å². The summed E-state index contributed by atoms with van der Waals surface area (Å²) in [6, 6.07) is 4.23. The summed E-state index contributed by atoms with van der Waals surface area (Å²) in [5.74, 6) is 1.81. The van der Waals surface area contributed by atoms with Gasteiger partial charge >= 0.3 is 0 Å². The number of nitrogens with one attached hydrogen (secondary N) is 1. The quantitative estimate of drug-likeness (QED) is 0.759. The van der Waals surface area contributed by atoms with Crippen LogP contribution in [0.25, 0.3) is 0 Å². The van der Waals surface area contributed by atoms with Gasteiger partial charge in [-0.15, -0.1) is 0 Å². The largest absolute Gasteiger partial charge is 0.476 e. The lowest BCUT2D eigenvalue weighted by Gasteiger charge is -2.14. The van der Waals surface area contributed by atoms with Crippen LogP contribution in [-0.4, -0.2) is 43.7 Å². The Morgan fingerprint density at radius 2 is 1.90 bits per heavy atom. The smallest absolute Gasteiger partial charge is 0.213 e. The first-order valence-corrected chi connectivity index (χ1v) is 7.87. The molecule has 4 nitrogen and oxygen atoms in total. The van der Waals surface area contributed by atoms with Gasteiger partial charge in [-0.25, -0.2) is 4.98 Å². The fourth-order valence-corrected chi connectivity index (χ4v) is 1.89. The van der Waals surface area contributed by atoms with Gasteiger partial charge in [-0.3, -0.25) is 0 Å². The average molecular weight is 293 g/mol. The summed E-state index contributed by atoms with van der Waals surface area (Å²) in [7, 11) is 4.09. The maximum Gasteiger partial charge on any atom is 0.213 e. The van der Waals surface area contributed by atoms with E-state index in [9.17, 15) is 0 Å². The van der Waals surface area contributed by atoms with E-state index >= 15 is 0 Å². The van der Waals surface area contributed by atoms with Gasteiger partial charge in [0.25, 0.3) is 0 Å². The lowest BCUT2D eigenvalue weighted by Crippen LogP contribution is -2.21. The van der Waals surface area contributed by atoms with Gasteiger partial charge in [0.15, 0.2) is 0 Å². The summed E-state index contributed by atoms with van der Waals surface area (Å²) >= 11 is 0. The molecule has 0 atom stereocenters. The Hall–Kier alpha value is -1.13. The minimum absolute atomic E-state index is 0.409. The molecule has 0 saturated carbocycles. The molecule has 0 aliphatic carbocycles. The standard InChI is InChI=1S/C17H31N3O/c1-13(2)11-18-12-15-9-16(14(3)4)19-17(10-15)21-8-7-20(5)6/h9-10,13-14,18H,7-8,11-12H2,1-6H3. The van der Waals surface area contributed by atoms with Gasteiger partial charge in [0.05, 0.1) is 0 Å². The van der Waals surface area contributed by atoms with Gasteiger partial charge in [0, 0.05) is 24.8 Å². The van der Waals surface area contributed by atoms with Crippen molar-refractivity contribution in [3.05, 3.63) is 23.4 Å². The van der Waals surface area contributed by atoms with Crippen molar-refractivity contribution >= 4 is 0 Å². The van der Waals surface area contributed by atoms with E-state index in [-0.39, 0.29) is 0 Å². The third-order valence-corrected chi connectivity index (χ3v) is 3.14. The molecule has 0 radical (unpaired) electrons. The second-order valence-corrected chi connectivity index (χ2v) is 6.57. The second kappa shape index (κ2) is 9.00. The van der Waals surface area contributed by atoms with Crippen LogP contribution in [0.2, 0.25) is 0 Å². The summed E-state index contributed by atoms with van der Waals surface area (Å²) < 4.78 is 5.80. The van der Waals surface area contributed by atoms with E-state index in [1.807, 2.05) is 14.1 Å². The Morgan fingerprint density at radius 3 is 2.48 bits per heavy atom. The van der Waals surface area contributed by atoms with Crippen molar-refractivity contribution in [2.24, 2.45) is 5.92 Å². The molecule has 21 heavy (non-hydrogen) atoms. The highest BCUT2D eigenvalue weighted by atomic mass is 16.5. The fourth-order valence-electron chi connectivity index (χ4n) is 1.89. The SMILES string of the molecule is CC(C)CNCc1cc(OCCN(C)C)nc(C(C)C)c1. The summed E-state index contributed by atoms with van der Waals surface area (Å²) in [5, 5.41) is 3.48. The second-order valence-electron chi connectivity index (χ2n) is 6.57. The maximum absolute atomic E-state index is 5.80. The molecule has 0 bridgehead atoms. The van der Waals surface area contributed by atoms with Crippen molar-refractivity contribution in [2.75, 3.05) is 33.8 Å². The van der Waals surface area contributed by atoms with E-state index in [0.717, 1.165) is 31.2 Å². The molecule has 0 unspecified atom stereocenters. The van der Waals surface area contributed by atoms with Crippen molar-refractivity contribution < 1.29 is 4.74 Å². The van der Waals surface area contributed by atoms with Gasteiger partial charge in [-0.05, 0) is 44.1 Å². The first kappa shape index (κ1) is 17.9. The zero-order chi connectivity index (χ0) is 15.8. The number of pyridine rings is 1. The molecule has 1 N–H and O–H groups in total. The summed E-state index contributed by atoms with van der Waals surface area (Å²) in [6.07, 6.45) is 0. The highest BCUT2D eigenvalue weighted by molar-refractivity contribution is 5.26. The van der Waals surface area contributed by atoms with Crippen molar-refractivity contribution in [1.82, 2.24) is 15.2 Å². The molecule has 1 aromatic heterocycles. The summed E-state index contributed by atoms with van der Waals surface area (Å²) in [5.41, 5.74) is 2.34. The summed E-state index contributed by atoms with van der Waals surface area (Å²) in [4.78, 5) is 6.71. The van der Waals surface area contributed by atoms with Gasteiger partial charge in [0.1, 0.15) is 6.61 Å². The van der Waals surface area contributed by atoms with Crippen LogP contribution in [0.4, 0.5) is 0 Å². The number of likely N-dealkylation sites (N-methyl/N-ethyl adjacent to an activating group) is 1. The maximum atomic E-state index is 5.80. The number of hydrogen-bond donors (Lipinski definition) is 1. The molecule has 0 aromatic carbocycles. The molecule has 4 heteroatoms. The third-order valence-electron chi connectivity index (χ3n) is 3.14. The minimum Gasteiger partial charge on any atom is -0.476 e. The number of rotatable bonds is 9. The Morgan fingerprint density at radius 1 is 1.19 bits per heavy atom. The van der Waals surface area contributed by atoms with Gasteiger partial charge in [-0.1, -0.05) is 27.7 Å². The molecule has 0 aliphatic heterocycles. The summed E-state index contributed by atoms with van der Waals surface area (Å²) in [6.45, 7) is 12.2. The van der Waals surface area contributed by atoms with Crippen LogP contribution in [0.3, 0.4) is 0 Å². The molecule has 0 fully saturated rings. The zero-order valence-corrected chi connectivity index (χ0v) is 14.4. The van der Waals surface area contributed by atoms with E-state index < -0.39 is 0 Å². The van der Waals surface area contributed by atoms with Crippen LogP contribution in [0, 0.1) is 5.92 Å².